The zero-order valence-corrected chi connectivity index (χ0v) is 17.8. The summed E-state index contributed by atoms with van der Waals surface area (Å²) in [4.78, 5) is 36.1. The van der Waals surface area contributed by atoms with Crippen molar-refractivity contribution in [3.05, 3.63) is 89.7 Å². The Kier molecular flexibility index (Phi) is 6.17. The smallest absolute Gasteiger partial charge is 0.267 e. The van der Waals surface area contributed by atoms with E-state index in [1.807, 2.05) is 0 Å². The Hall–Kier alpha value is -4.45. The summed E-state index contributed by atoms with van der Waals surface area (Å²) in [6.45, 7) is -0.315. The van der Waals surface area contributed by atoms with Crippen LogP contribution in [0.4, 0.5) is 11.6 Å². The molecule has 0 aliphatic carbocycles. The molecule has 0 aliphatic heterocycles. The summed E-state index contributed by atoms with van der Waals surface area (Å²) in [5.74, 6) is -0.551. The number of hydrogen-bond donors (Lipinski definition) is 2. The highest BCUT2D eigenvalue weighted by molar-refractivity contribution is 7.92. The minimum absolute atomic E-state index is 0.0316. The number of benzene rings is 1. The largest absolute Gasteiger partial charge is 0.324 e. The van der Waals surface area contributed by atoms with Gasteiger partial charge in [-0.2, -0.15) is 5.10 Å². The van der Waals surface area contributed by atoms with E-state index in [0.29, 0.717) is 11.4 Å². The van der Waals surface area contributed by atoms with Crippen LogP contribution >= 0.6 is 0 Å². The van der Waals surface area contributed by atoms with E-state index in [-0.39, 0.29) is 17.4 Å². The molecule has 0 unspecified atom stereocenters. The van der Waals surface area contributed by atoms with Gasteiger partial charge < -0.3 is 5.32 Å². The third-order valence-electron chi connectivity index (χ3n) is 4.38. The molecule has 0 atom stereocenters. The van der Waals surface area contributed by atoms with Gasteiger partial charge >= 0.3 is 0 Å². The fraction of sp³-hybridized carbons (Fsp3) is 0.0476. The van der Waals surface area contributed by atoms with Crippen molar-refractivity contribution >= 4 is 27.6 Å². The van der Waals surface area contributed by atoms with Gasteiger partial charge in [0.2, 0.25) is 11.9 Å². The molecule has 1 amide bonds. The molecule has 11 nitrogen and oxygen atoms in total. The van der Waals surface area contributed by atoms with Crippen molar-refractivity contribution in [2.75, 3.05) is 10.0 Å². The number of sulfonamides is 1. The molecule has 0 spiro atoms. The van der Waals surface area contributed by atoms with Gasteiger partial charge in [0.05, 0.1) is 10.6 Å². The minimum Gasteiger partial charge on any atom is -0.324 e. The van der Waals surface area contributed by atoms with Crippen molar-refractivity contribution in [1.29, 1.82) is 0 Å². The van der Waals surface area contributed by atoms with Crippen molar-refractivity contribution in [2.24, 2.45) is 0 Å². The van der Waals surface area contributed by atoms with Crippen molar-refractivity contribution in [3.63, 3.8) is 0 Å². The molecule has 0 bridgehead atoms. The SMILES string of the molecule is O=C(Cn1nc(-c2ccncc2)ccc1=O)Nc1ccc(S(=O)(=O)Nc2ncccn2)cc1. The van der Waals surface area contributed by atoms with E-state index in [1.165, 1.54) is 42.7 Å². The maximum absolute atomic E-state index is 12.4. The van der Waals surface area contributed by atoms with Gasteiger partial charge in [0.1, 0.15) is 6.54 Å². The Balaban J connectivity index is 1.44. The first-order valence-corrected chi connectivity index (χ1v) is 11.1. The molecule has 3 heterocycles. The number of amides is 1. The van der Waals surface area contributed by atoms with E-state index in [0.717, 1.165) is 10.2 Å². The fourth-order valence-electron chi connectivity index (χ4n) is 2.82. The molecule has 33 heavy (non-hydrogen) atoms. The summed E-state index contributed by atoms with van der Waals surface area (Å²) in [5, 5.41) is 6.84. The maximum atomic E-state index is 12.4. The van der Waals surface area contributed by atoms with E-state index in [4.69, 9.17) is 0 Å². The van der Waals surface area contributed by atoms with Crippen LogP contribution in [0.2, 0.25) is 0 Å². The highest BCUT2D eigenvalue weighted by atomic mass is 32.2. The number of aromatic nitrogens is 5. The fourth-order valence-corrected chi connectivity index (χ4v) is 3.78. The maximum Gasteiger partial charge on any atom is 0.267 e. The minimum atomic E-state index is -3.89. The predicted molar refractivity (Wildman–Crippen MR) is 120 cm³/mol. The molecular formula is C21H17N7O4S. The molecule has 3 aromatic heterocycles. The van der Waals surface area contributed by atoms with Crippen LogP contribution in [0.3, 0.4) is 0 Å². The number of pyridine rings is 1. The summed E-state index contributed by atoms with van der Waals surface area (Å²) >= 11 is 0. The molecule has 0 aliphatic rings. The summed E-state index contributed by atoms with van der Waals surface area (Å²) in [5.41, 5.74) is 1.20. The Morgan fingerprint density at radius 3 is 2.30 bits per heavy atom. The number of carbonyl (C=O) groups is 1. The van der Waals surface area contributed by atoms with Crippen LogP contribution in [0.15, 0.2) is 89.1 Å². The predicted octanol–water partition coefficient (Wildman–Crippen LogP) is 1.53. The van der Waals surface area contributed by atoms with Crippen molar-refractivity contribution in [2.45, 2.75) is 11.4 Å². The number of anilines is 2. The van der Waals surface area contributed by atoms with E-state index >= 15 is 0 Å². The lowest BCUT2D eigenvalue weighted by Crippen LogP contribution is -2.29. The molecular weight excluding hydrogens is 446 g/mol. The summed E-state index contributed by atoms with van der Waals surface area (Å²) < 4.78 is 28.2. The zero-order chi connectivity index (χ0) is 23.3. The zero-order valence-electron chi connectivity index (χ0n) is 17.0. The molecule has 0 fully saturated rings. The first kappa shape index (κ1) is 21.8. The Labute approximate surface area is 188 Å². The van der Waals surface area contributed by atoms with Crippen LogP contribution in [0.5, 0.6) is 0 Å². The molecule has 1 aromatic carbocycles. The summed E-state index contributed by atoms with van der Waals surface area (Å²) in [7, 11) is -3.89. The lowest BCUT2D eigenvalue weighted by Gasteiger charge is -2.10. The standard InChI is InChI=1S/C21H17N7O4S/c29-19(14-28-20(30)7-6-18(26-28)15-8-12-22-13-9-15)25-16-2-4-17(5-3-16)33(31,32)27-21-23-10-1-11-24-21/h1-13H,14H2,(H,25,29)(H,23,24,27). The van der Waals surface area contributed by atoms with Crippen LogP contribution in [0, 0.1) is 0 Å². The second kappa shape index (κ2) is 9.36. The molecule has 166 valence electrons. The Morgan fingerprint density at radius 1 is 0.909 bits per heavy atom. The van der Waals surface area contributed by atoms with Crippen molar-refractivity contribution in [1.82, 2.24) is 24.7 Å². The number of hydrogen-bond acceptors (Lipinski definition) is 8. The average Bonchev–Trinajstić information content (AvgIpc) is 2.82. The molecule has 0 saturated carbocycles. The van der Waals surface area contributed by atoms with Crippen LogP contribution in [0.25, 0.3) is 11.3 Å². The van der Waals surface area contributed by atoms with Gasteiger partial charge in [-0.05, 0) is 48.5 Å². The van der Waals surface area contributed by atoms with Crippen LogP contribution in [0.1, 0.15) is 0 Å². The van der Waals surface area contributed by atoms with Gasteiger partial charge in [-0.1, -0.05) is 0 Å². The lowest BCUT2D eigenvalue weighted by atomic mass is 10.2. The first-order chi connectivity index (χ1) is 15.9. The van der Waals surface area contributed by atoms with E-state index in [2.05, 4.69) is 30.1 Å². The lowest BCUT2D eigenvalue weighted by molar-refractivity contribution is -0.117. The monoisotopic (exact) mass is 463 g/mol. The molecule has 4 aromatic rings. The van der Waals surface area contributed by atoms with Gasteiger partial charge in [0.15, 0.2) is 0 Å². The first-order valence-electron chi connectivity index (χ1n) is 9.59. The molecule has 0 saturated heterocycles. The van der Waals surface area contributed by atoms with Crippen molar-refractivity contribution < 1.29 is 13.2 Å². The number of nitrogens with zero attached hydrogens (tertiary/aromatic N) is 5. The van der Waals surface area contributed by atoms with E-state index < -0.39 is 21.5 Å². The molecule has 2 N–H and O–H groups in total. The van der Waals surface area contributed by atoms with Crippen LogP contribution in [-0.2, 0) is 21.4 Å². The normalized spacial score (nSPS) is 11.0. The van der Waals surface area contributed by atoms with E-state index in [1.54, 1.807) is 36.7 Å². The number of rotatable bonds is 7. The third-order valence-corrected chi connectivity index (χ3v) is 5.72. The van der Waals surface area contributed by atoms with Crippen LogP contribution in [-0.4, -0.2) is 39.1 Å². The van der Waals surface area contributed by atoms with Crippen molar-refractivity contribution in [3.8, 4) is 11.3 Å². The van der Waals surface area contributed by atoms with Gasteiger partial charge in [0, 0.05) is 42.1 Å². The van der Waals surface area contributed by atoms with E-state index in [9.17, 15) is 18.0 Å². The third kappa shape index (κ3) is 5.43. The highest BCUT2D eigenvalue weighted by Crippen LogP contribution is 2.17. The molecule has 12 heteroatoms. The molecule has 0 radical (unpaired) electrons. The van der Waals surface area contributed by atoms with Gasteiger partial charge in [0.25, 0.3) is 15.6 Å². The van der Waals surface area contributed by atoms with Gasteiger partial charge in [-0.25, -0.2) is 27.8 Å². The van der Waals surface area contributed by atoms with Crippen LogP contribution < -0.4 is 15.6 Å². The topological polar surface area (TPSA) is 149 Å². The average molecular weight is 463 g/mol. The highest BCUT2D eigenvalue weighted by Gasteiger charge is 2.16. The number of carbonyl (C=O) groups excluding carboxylic acids is 1. The summed E-state index contributed by atoms with van der Waals surface area (Å²) in [6, 6.07) is 13.5. The van der Waals surface area contributed by atoms with Gasteiger partial charge in [-0.3, -0.25) is 14.6 Å². The Bertz CT molecular complexity index is 1430. The van der Waals surface area contributed by atoms with Gasteiger partial charge in [-0.15, -0.1) is 0 Å². The number of nitrogens with one attached hydrogen (secondary N) is 2. The second-order valence-corrected chi connectivity index (χ2v) is 8.38. The summed E-state index contributed by atoms with van der Waals surface area (Å²) in [6.07, 6.45) is 6.03. The molecule has 4 rings (SSSR count). The quantitative estimate of drug-likeness (QED) is 0.419. The Morgan fingerprint density at radius 2 is 1.61 bits per heavy atom. The second-order valence-electron chi connectivity index (χ2n) is 6.70.